The first-order valence-electron chi connectivity index (χ1n) is 12.9. The topological polar surface area (TPSA) is 88.5 Å². The van der Waals surface area contributed by atoms with E-state index >= 15 is 0 Å². The summed E-state index contributed by atoms with van der Waals surface area (Å²) in [5.74, 6) is 0.180. The molecule has 8 heteroatoms. The van der Waals surface area contributed by atoms with Gasteiger partial charge in [0, 0.05) is 12.1 Å². The van der Waals surface area contributed by atoms with Gasteiger partial charge in [0.25, 0.3) is 11.7 Å². The van der Waals surface area contributed by atoms with Crippen LogP contribution in [0.5, 0.6) is 17.2 Å². The van der Waals surface area contributed by atoms with Crippen molar-refractivity contribution in [3.63, 3.8) is 0 Å². The smallest absolute Gasteiger partial charge is 0.295 e. The van der Waals surface area contributed by atoms with Gasteiger partial charge in [0.15, 0.2) is 11.5 Å². The van der Waals surface area contributed by atoms with Crippen LogP contribution in [0.15, 0.2) is 48.0 Å². The summed E-state index contributed by atoms with van der Waals surface area (Å²) in [4.78, 5) is 30.4. The molecule has 2 aromatic rings. The number of benzene rings is 2. The third kappa shape index (κ3) is 6.25. The molecule has 0 radical (unpaired) electrons. The minimum absolute atomic E-state index is 0.0585. The number of methoxy groups -OCH3 is 1. The van der Waals surface area contributed by atoms with Crippen molar-refractivity contribution < 1.29 is 28.9 Å². The van der Waals surface area contributed by atoms with Crippen LogP contribution in [0.2, 0.25) is 0 Å². The van der Waals surface area contributed by atoms with Gasteiger partial charge in [0.05, 0.1) is 31.9 Å². The summed E-state index contributed by atoms with van der Waals surface area (Å²) in [5, 5.41) is 11.3. The molecule has 1 aliphatic rings. The molecular weight excluding hydrogens is 472 g/mol. The number of Topliss-reactive ketones (excluding diaryl/α,β-unsaturated/α-hetero) is 1. The number of nitrogens with zero attached hydrogens (tertiary/aromatic N) is 2. The number of ether oxygens (including phenoxy) is 3. The second-order valence-corrected chi connectivity index (χ2v) is 8.67. The summed E-state index contributed by atoms with van der Waals surface area (Å²) in [7, 11) is 1.54. The van der Waals surface area contributed by atoms with Gasteiger partial charge in [-0.15, -0.1) is 0 Å². The molecule has 0 spiro atoms. The normalized spacial score (nSPS) is 16.9. The molecule has 0 aromatic heterocycles. The molecule has 1 saturated heterocycles. The van der Waals surface area contributed by atoms with Crippen LogP contribution in [0.1, 0.15) is 51.3 Å². The number of amides is 1. The van der Waals surface area contributed by atoms with Crippen LogP contribution < -0.4 is 14.2 Å². The van der Waals surface area contributed by atoms with E-state index in [2.05, 4.69) is 18.7 Å². The highest BCUT2D eigenvalue weighted by molar-refractivity contribution is 6.46. The second-order valence-electron chi connectivity index (χ2n) is 8.67. The Balaban J connectivity index is 2.07. The monoisotopic (exact) mass is 510 g/mol. The maximum Gasteiger partial charge on any atom is 0.295 e. The summed E-state index contributed by atoms with van der Waals surface area (Å²) in [6.07, 6.45) is 0.697. The summed E-state index contributed by atoms with van der Waals surface area (Å²) >= 11 is 0. The molecule has 200 valence electrons. The van der Waals surface area contributed by atoms with E-state index in [0.717, 1.165) is 19.6 Å². The van der Waals surface area contributed by atoms with E-state index in [-0.39, 0.29) is 11.3 Å². The Morgan fingerprint density at radius 1 is 0.946 bits per heavy atom. The summed E-state index contributed by atoms with van der Waals surface area (Å²) in [5.41, 5.74) is 1.16. The standard InChI is InChI=1S/C29H38N2O6/c1-6-30(7-2)17-10-18-31-26(21-13-16-23(37-9-4)24(19-21)35-5)25(28(33)29(31)34)27(32)20-11-14-22(15-12-20)36-8-3/h11-16,19,26,32H,6-10,17-18H2,1-5H3/t26-/m0/s1. The van der Waals surface area contributed by atoms with Crippen LogP contribution >= 0.6 is 0 Å². The number of carbonyl (C=O) groups is 2. The number of aliphatic hydroxyl groups is 1. The maximum absolute atomic E-state index is 13.3. The molecule has 1 fully saturated rings. The number of rotatable bonds is 13. The highest BCUT2D eigenvalue weighted by atomic mass is 16.5. The van der Waals surface area contributed by atoms with Crippen molar-refractivity contribution in [1.82, 2.24) is 9.80 Å². The predicted octanol–water partition coefficient (Wildman–Crippen LogP) is 4.65. The van der Waals surface area contributed by atoms with E-state index in [1.165, 1.54) is 0 Å². The van der Waals surface area contributed by atoms with Crippen LogP contribution in [-0.4, -0.2) is 73.1 Å². The van der Waals surface area contributed by atoms with Crippen molar-refractivity contribution in [3.05, 3.63) is 59.2 Å². The van der Waals surface area contributed by atoms with Gasteiger partial charge >= 0.3 is 0 Å². The fourth-order valence-corrected chi connectivity index (χ4v) is 4.62. The maximum atomic E-state index is 13.3. The lowest BCUT2D eigenvalue weighted by molar-refractivity contribution is -0.140. The van der Waals surface area contributed by atoms with Gasteiger partial charge in [-0.1, -0.05) is 19.9 Å². The lowest BCUT2D eigenvalue weighted by Gasteiger charge is -2.27. The lowest BCUT2D eigenvalue weighted by atomic mass is 9.95. The van der Waals surface area contributed by atoms with Gasteiger partial charge in [-0.05, 0) is 81.9 Å². The Hall–Kier alpha value is -3.52. The van der Waals surface area contributed by atoms with E-state index in [0.29, 0.717) is 54.6 Å². The van der Waals surface area contributed by atoms with Crippen molar-refractivity contribution in [2.24, 2.45) is 0 Å². The number of aliphatic hydroxyl groups excluding tert-OH is 1. The molecule has 0 unspecified atom stereocenters. The molecule has 1 atom stereocenters. The molecule has 8 nitrogen and oxygen atoms in total. The van der Waals surface area contributed by atoms with Gasteiger partial charge < -0.3 is 29.1 Å². The van der Waals surface area contributed by atoms with Crippen molar-refractivity contribution in [1.29, 1.82) is 0 Å². The van der Waals surface area contributed by atoms with Crippen molar-refractivity contribution in [3.8, 4) is 17.2 Å². The van der Waals surface area contributed by atoms with Crippen LogP contribution in [0.25, 0.3) is 5.76 Å². The minimum atomic E-state index is -0.757. The number of hydrogen-bond donors (Lipinski definition) is 1. The summed E-state index contributed by atoms with van der Waals surface area (Å²) in [6, 6.07) is 11.4. The Morgan fingerprint density at radius 3 is 2.22 bits per heavy atom. The Morgan fingerprint density at radius 2 is 1.62 bits per heavy atom. The zero-order valence-corrected chi connectivity index (χ0v) is 22.5. The third-order valence-electron chi connectivity index (χ3n) is 6.55. The van der Waals surface area contributed by atoms with E-state index in [4.69, 9.17) is 14.2 Å². The number of ketones is 1. The average Bonchev–Trinajstić information content (AvgIpc) is 3.16. The zero-order valence-electron chi connectivity index (χ0n) is 22.5. The fraction of sp³-hybridized carbons (Fsp3) is 0.448. The van der Waals surface area contributed by atoms with Crippen LogP contribution in [0.3, 0.4) is 0 Å². The molecule has 1 aliphatic heterocycles. The molecular formula is C29H38N2O6. The largest absolute Gasteiger partial charge is 0.507 e. The van der Waals surface area contributed by atoms with Gasteiger partial charge in [0.1, 0.15) is 11.5 Å². The average molecular weight is 511 g/mol. The quantitative estimate of drug-likeness (QED) is 0.238. The minimum Gasteiger partial charge on any atom is -0.507 e. The summed E-state index contributed by atoms with van der Waals surface area (Å²) in [6.45, 7) is 11.9. The highest BCUT2D eigenvalue weighted by Crippen LogP contribution is 2.42. The van der Waals surface area contributed by atoms with Gasteiger partial charge in [0.2, 0.25) is 0 Å². The number of hydrogen-bond acceptors (Lipinski definition) is 7. The van der Waals surface area contributed by atoms with E-state index in [1.807, 2.05) is 19.9 Å². The first-order chi connectivity index (χ1) is 17.9. The van der Waals surface area contributed by atoms with Crippen molar-refractivity contribution >= 4 is 17.4 Å². The Kier molecular flexibility index (Phi) is 9.97. The van der Waals surface area contributed by atoms with Gasteiger partial charge in [-0.2, -0.15) is 0 Å². The molecule has 2 aromatic carbocycles. The number of likely N-dealkylation sites (tertiary alicyclic amines) is 1. The molecule has 0 saturated carbocycles. The van der Waals surface area contributed by atoms with E-state index < -0.39 is 17.7 Å². The van der Waals surface area contributed by atoms with Crippen molar-refractivity contribution in [2.75, 3.05) is 46.5 Å². The van der Waals surface area contributed by atoms with Crippen LogP contribution in [0.4, 0.5) is 0 Å². The molecule has 37 heavy (non-hydrogen) atoms. The molecule has 0 bridgehead atoms. The van der Waals surface area contributed by atoms with Gasteiger partial charge in [-0.25, -0.2) is 0 Å². The predicted molar refractivity (Wildman–Crippen MR) is 143 cm³/mol. The molecule has 1 amide bonds. The lowest BCUT2D eigenvalue weighted by Crippen LogP contribution is -2.33. The summed E-state index contributed by atoms with van der Waals surface area (Å²) < 4.78 is 16.7. The molecule has 0 aliphatic carbocycles. The first-order valence-corrected chi connectivity index (χ1v) is 12.9. The van der Waals surface area contributed by atoms with E-state index in [9.17, 15) is 14.7 Å². The first kappa shape index (κ1) is 28.1. The van der Waals surface area contributed by atoms with Crippen molar-refractivity contribution in [2.45, 2.75) is 40.2 Å². The molecule has 3 rings (SSSR count). The van der Waals surface area contributed by atoms with Crippen LogP contribution in [-0.2, 0) is 9.59 Å². The second kappa shape index (κ2) is 13.1. The number of carbonyl (C=O) groups excluding carboxylic acids is 2. The third-order valence-corrected chi connectivity index (χ3v) is 6.55. The molecule has 1 heterocycles. The Labute approximate surface area is 219 Å². The highest BCUT2D eigenvalue weighted by Gasteiger charge is 2.46. The SMILES string of the molecule is CCOc1ccc(C(O)=C2C(=O)C(=O)N(CCCN(CC)CC)[C@H]2c2ccc(OCC)c(OC)c2)cc1. The van der Waals surface area contributed by atoms with Gasteiger partial charge in [-0.3, -0.25) is 9.59 Å². The molecule has 1 N–H and O–H groups in total. The Bertz CT molecular complexity index is 1110. The fourth-order valence-electron chi connectivity index (χ4n) is 4.62. The van der Waals surface area contributed by atoms with Crippen LogP contribution in [0, 0.1) is 0 Å². The zero-order chi connectivity index (χ0) is 26.9. The van der Waals surface area contributed by atoms with E-state index in [1.54, 1.807) is 48.4 Å².